The van der Waals surface area contributed by atoms with E-state index in [9.17, 15) is 13.2 Å². The van der Waals surface area contributed by atoms with Crippen molar-refractivity contribution in [1.82, 2.24) is 15.0 Å². The average molecular weight is 377 g/mol. The summed E-state index contributed by atoms with van der Waals surface area (Å²) in [6.45, 7) is 1.70. The highest BCUT2D eigenvalue weighted by atomic mass is 35.5. The highest BCUT2D eigenvalue weighted by molar-refractivity contribution is 8.00. The number of hydrogen-bond acceptors (Lipinski definition) is 3. The summed E-state index contributed by atoms with van der Waals surface area (Å²) in [5.74, 6) is 0. The summed E-state index contributed by atoms with van der Waals surface area (Å²) < 4.78 is 38.0. The first kappa shape index (κ1) is 16.7. The number of halogens is 6. The first-order chi connectivity index (χ1) is 9.74. The molecule has 0 aliphatic rings. The van der Waals surface area contributed by atoms with Crippen LogP contribution in [0.25, 0.3) is 5.69 Å². The van der Waals surface area contributed by atoms with Crippen molar-refractivity contribution in [1.29, 1.82) is 0 Å². The van der Waals surface area contributed by atoms with Crippen molar-refractivity contribution in [2.24, 2.45) is 0 Å². The molecule has 1 aromatic heterocycles. The van der Waals surface area contributed by atoms with Gasteiger partial charge in [0.25, 0.3) is 0 Å². The molecule has 0 bridgehead atoms. The quantitative estimate of drug-likeness (QED) is 0.545. The Morgan fingerprint density at radius 2 is 1.76 bits per heavy atom. The molecular formula is C11H7Cl3F3N3S. The van der Waals surface area contributed by atoms with Crippen LogP contribution in [0, 0.1) is 6.92 Å². The van der Waals surface area contributed by atoms with E-state index in [0.717, 1.165) is 16.9 Å². The Balaban J connectivity index is 2.52. The minimum atomic E-state index is -4.53. The van der Waals surface area contributed by atoms with Crippen LogP contribution < -0.4 is 0 Å². The van der Waals surface area contributed by atoms with Crippen LogP contribution in [0.1, 0.15) is 11.3 Å². The van der Waals surface area contributed by atoms with Crippen LogP contribution in [0.15, 0.2) is 17.2 Å². The van der Waals surface area contributed by atoms with Crippen LogP contribution in [0.3, 0.4) is 0 Å². The molecule has 0 spiro atoms. The number of alkyl halides is 4. The standard InChI is InChI=1S/C11H7Cl3F3N3S/c1-5-10(21-4-12)19-20(18-5)9-7(13)2-6(3-8(9)14)11(15,16)17/h2-3H,4H2,1H3. The number of aryl methyl sites for hydroxylation is 1. The van der Waals surface area contributed by atoms with Gasteiger partial charge in [0.05, 0.1) is 26.5 Å². The molecule has 0 aliphatic carbocycles. The molecule has 0 saturated carbocycles. The molecule has 0 aliphatic heterocycles. The van der Waals surface area contributed by atoms with Crippen molar-refractivity contribution < 1.29 is 13.2 Å². The zero-order chi connectivity index (χ0) is 15.8. The number of thioether (sulfide) groups is 1. The Labute approximate surface area is 137 Å². The Kier molecular flexibility index (Phi) is 4.97. The SMILES string of the molecule is Cc1nn(-c2c(Cl)cc(C(F)(F)F)cc2Cl)nc1SCCl. The third-order valence-electron chi connectivity index (χ3n) is 2.48. The fourth-order valence-corrected chi connectivity index (χ4v) is 3.01. The van der Waals surface area contributed by atoms with Crippen molar-refractivity contribution in [3.05, 3.63) is 33.4 Å². The van der Waals surface area contributed by atoms with Gasteiger partial charge in [0, 0.05) is 0 Å². The molecule has 1 heterocycles. The Hall–Kier alpha value is -0.630. The summed E-state index contributed by atoms with van der Waals surface area (Å²) in [4.78, 5) is 1.11. The van der Waals surface area contributed by atoms with Crippen molar-refractivity contribution in [3.63, 3.8) is 0 Å². The van der Waals surface area contributed by atoms with Gasteiger partial charge in [0.2, 0.25) is 0 Å². The molecule has 2 rings (SSSR count). The van der Waals surface area contributed by atoms with E-state index < -0.39 is 11.7 Å². The van der Waals surface area contributed by atoms with Gasteiger partial charge in [0.1, 0.15) is 10.7 Å². The summed E-state index contributed by atoms with van der Waals surface area (Å²) in [5, 5.41) is 8.66. The molecule has 0 fully saturated rings. The first-order valence-electron chi connectivity index (χ1n) is 5.43. The summed E-state index contributed by atoms with van der Waals surface area (Å²) in [7, 11) is 0. The van der Waals surface area contributed by atoms with Gasteiger partial charge in [-0.15, -0.1) is 21.5 Å². The van der Waals surface area contributed by atoms with E-state index in [1.807, 2.05) is 0 Å². The smallest absolute Gasteiger partial charge is 0.166 e. The predicted molar refractivity (Wildman–Crippen MR) is 77.7 cm³/mol. The van der Waals surface area contributed by atoms with Crippen LogP contribution >= 0.6 is 46.6 Å². The Morgan fingerprint density at radius 3 is 2.24 bits per heavy atom. The zero-order valence-electron chi connectivity index (χ0n) is 10.4. The molecule has 0 saturated heterocycles. The minimum absolute atomic E-state index is 0.0934. The third kappa shape index (κ3) is 3.59. The van der Waals surface area contributed by atoms with Gasteiger partial charge < -0.3 is 0 Å². The van der Waals surface area contributed by atoms with Gasteiger partial charge in [0.15, 0.2) is 0 Å². The number of nitrogens with zero attached hydrogens (tertiary/aromatic N) is 3. The maximum Gasteiger partial charge on any atom is 0.416 e. The van der Waals surface area contributed by atoms with E-state index >= 15 is 0 Å². The van der Waals surface area contributed by atoms with Gasteiger partial charge in [-0.2, -0.15) is 18.3 Å². The van der Waals surface area contributed by atoms with Crippen LogP contribution in [0.5, 0.6) is 0 Å². The molecule has 21 heavy (non-hydrogen) atoms. The Morgan fingerprint density at radius 1 is 1.19 bits per heavy atom. The van der Waals surface area contributed by atoms with Gasteiger partial charge >= 0.3 is 6.18 Å². The number of rotatable bonds is 3. The van der Waals surface area contributed by atoms with Gasteiger partial charge in [-0.1, -0.05) is 35.0 Å². The lowest BCUT2D eigenvalue weighted by Crippen LogP contribution is -2.08. The highest BCUT2D eigenvalue weighted by Gasteiger charge is 2.32. The van der Waals surface area contributed by atoms with Crippen molar-refractivity contribution in [3.8, 4) is 5.69 Å². The molecule has 3 nitrogen and oxygen atoms in total. The number of hydrogen-bond donors (Lipinski definition) is 0. The van der Waals surface area contributed by atoms with Crippen LogP contribution in [0.2, 0.25) is 10.0 Å². The van der Waals surface area contributed by atoms with Crippen LogP contribution in [-0.4, -0.2) is 20.2 Å². The summed E-state index contributed by atoms with van der Waals surface area (Å²) in [6.07, 6.45) is -4.53. The molecule has 0 atom stereocenters. The maximum absolute atomic E-state index is 12.7. The second-order valence-corrected chi connectivity index (χ2v) is 6.28. The normalized spacial score (nSPS) is 12.0. The molecular weight excluding hydrogens is 370 g/mol. The van der Waals surface area contributed by atoms with E-state index in [0.29, 0.717) is 10.7 Å². The number of benzene rings is 1. The molecule has 114 valence electrons. The fraction of sp³-hybridized carbons (Fsp3) is 0.273. The third-order valence-corrected chi connectivity index (χ3v) is 4.14. The van der Waals surface area contributed by atoms with Crippen LogP contribution in [-0.2, 0) is 6.18 Å². The maximum atomic E-state index is 12.7. The zero-order valence-corrected chi connectivity index (χ0v) is 13.5. The lowest BCUT2D eigenvalue weighted by molar-refractivity contribution is -0.137. The lowest BCUT2D eigenvalue weighted by atomic mass is 10.2. The molecule has 10 heteroatoms. The van der Waals surface area contributed by atoms with Gasteiger partial charge in [-0.25, -0.2) is 0 Å². The number of aromatic nitrogens is 3. The van der Waals surface area contributed by atoms with E-state index in [4.69, 9.17) is 34.8 Å². The molecule has 0 unspecified atom stereocenters. The second kappa shape index (κ2) is 6.24. The fourth-order valence-electron chi connectivity index (χ4n) is 1.57. The summed E-state index contributed by atoms with van der Waals surface area (Å²) >= 11 is 18.6. The first-order valence-corrected chi connectivity index (χ1v) is 7.71. The van der Waals surface area contributed by atoms with Crippen molar-refractivity contribution in [2.75, 3.05) is 5.21 Å². The van der Waals surface area contributed by atoms with E-state index in [-0.39, 0.29) is 20.9 Å². The molecule has 0 radical (unpaired) electrons. The lowest BCUT2D eigenvalue weighted by Gasteiger charge is -2.11. The Bertz CT molecular complexity index is 649. The topological polar surface area (TPSA) is 30.7 Å². The molecule has 2 aromatic rings. The van der Waals surface area contributed by atoms with Gasteiger partial charge in [-0.3, -0.25) is 0 Å². The van der Waals surface area contributed by atoms with Crippen molar-refractivity contribution in [2.45, 2.75) is 18.1 Å². The van der Waals surface area contributed by atoms with E-state index in [1.165, 1.54) is 11.8 Å². The largest absolute Gasteiger partial charge is 0.416 e. The molecule has 0 amide bonds. The predicted octanol–water partition coefficient (Wildman–Crippen LogP) is 5.19. The van der Waals surface area contributed by atoms with E-state index in [1.54, 1.807) is 6.92 Å². The minimum Gasteiger partial charge on any atom is -0.166 e. The summed E-state index contributed by atoms with van der Waals surface area (Å²) in [6, 6.07) is 1.58. The molecule has 0 N–H and O–H groups in total. The van der Waals surface area contributed by atoms with E-state index in [2.05, 4.69) is 10.2 Å². The molecule has 1 aromatic carbocycles. The van der Waals surface area contributed by atoms with Crippen LogP contribution in [0.4, 0.5) is 13.2 Å². The average Bonchev–Trinajstić information content (AvgIpc) is 2.69. The second-order valence-electron chi connectivity index (χ2n) is 3.92. The van der Waals surface area contributed by atoms with Gasteiger partial charge in [-0.05, 0) is 19.1 Å². The highest BCUT2D eigenvalue weighted by Crippen LogP contribution is 2.37. The van der Waals surface area contributed by atoms with Crippen molar-refractivity contribution >= 4 is 46.6 Å². The monoisotopic (exact) mass is 375 g/mol. The summed E-state index contributed by atoms with van der Waals surface area (Å²) in [5.41, 5.74) is -0.260.